The summed E-state index contributed by atoms with van der Waals surface area (Å²) < 4.78 is 60.4. The first-order valence-corrected chi connectivity index (χ1v) is 41.5. The molecule has 48 nitrogen and oxygen atoms in total. The van der Waals surface area contributed by atoms with Gasteiger partial charge in [0.1, 0.15) is 12.7 Å². The van der Waals surface area contributed by atoms with Crippen molar-refractivity contribution in [3.63, 3.8) is 0 Å². The normalized spacial score (nSPS) is 15.1. The van der Waals surface area contributed by atoms with Crippen LogP contribution in [0.4, 0.5) is 0 Å². The molecule has 0 radical (unpaired) electrons. The standard InChI is InChI=1S/C76H52O46.C19H19ClN2/c77-32-1-22(2-33(78)53(32)92)67(103)113-47-16-27(11-42(87)58(47)97)66(102)112-21-52-63(119-72(108)28-12-43(88)59(98)48(17-28)114-68(104)23-3-34(79)54(93)35(80)4-23)64(120-73(109)29-13-44(89)60(99)49(18-29)115-69(105)24-5-36(81)55(94)37(82)6-24)65(121-74(110)30-14-45(90)61(100)50(19-30)116-70(106)25-7-38(83)56(95)39(84)8-25)76(118-52)122-75(111)31-15-46(91)62(101)51(20-31)117-71(107)26-9-40(85)57(96)41(86)10-26;20-16-5-6-17-15(12-16)4-3-14-2-1-9-22-19(14)18(17)13-7-10-21-11-8-13/h1-20,52,63-65,76-101H,21H2;1-2,5-6,9,12,21H,3-4,7-8,10-11H2/t52-,63-,64+,65-,76+;/m1./s1. The quantitative estimate of drug-likeness (QED) is 0.0138. The topological polar surface area (TPSA) is 803 Å². The molecule has 15 rings (SSSR count). The lowest BCUT2D eigenvalue weighted by molar-refractivity contribution is -0.282. The Labute approximate surface area is 806 Å². The Hall–Kier alpha value is -19.8. The third-order valence-corrected chi connectivity index (χ3v) is 21.8. The number of ether oxygens (including phenoxy) is 11. The minimum atomic E-state index is -3.12. The first kappa shape index (κ1) is 100. The fraction of sp³-hybridized carbons (Fsp3) is 0.126. The number of phenols is 25. The molecule has 0 bridgehead atoms. The second-order valence-electron chi connectivity index (χ2n) is 31.2. The van der Waals surface area contributed by atoms with E-state index in [2.05, 4.69) is 23.5 Å². The van der Waals surface area contributed by atoms with E-state index in [1.54, 1.807) is 0 Å². The van der Waals surface area contributed by atoms with Crippen molar-refractivity contribution in [3.8, 4) is 172 Å². The van der Waals surface area contributed by atoms with Gasteiger partial charge in [0, 0.05) is 16.8 Å². The summed E-state index contributed by atoms with van der Waals surface area (Å²) in [6.07, 6.45) is -8.86. The summed E-state index contributed by atoms with van der Waals surface area (Å²) in [6, 6.07) is 19.2. The highest BCUT2D eigenvalue weighted by Crippen LogP contribution is 2.49. The number of carbonyl (C=O) groups is 10. The molecular weight excluding hydrogens is 1940 g/mol. The van der Waals surface area contributed by atoms with Crippen LogP contribution in [0.3, 0.4) is 0 Å². The zero-order chi connectivity index (χ0) is 104. The zero-order valence-corrected chi connectivity index (χ0v) is 73.2. The van der Waals surface area contributed by atoms with E-state index < -0.39 is 325 Å². The summed E-state index contributed by atoms with van der Waals surface area (Å²) in [5, 5.41) is 265. The van der Waals surface area contributed by atoms with Gasteiger partial charge in [-0.1, -0.05) is 29.3 Å². The number of benzene rings is 11. The van der Waals surface area contributed by atoms with E-state index in [0.29, 0.717) is 121 Å². The molecule has 12 aromatic rings. The third-order valence-electron chi connectivity index (χ3n) is 21.6. The molecule has 3 heterocycles. The van der Waals surface area contributed by atoms with Crippen LogP contribution in [0.25, 0.3) is 5.57 Å². The van der Waals surface area contributed by atoms with Crippen LogP contribution >= 0.6 is 11.6 Å². The lowest BCUT2D eigenvalue weighted by Crippen LogP contribution is -2.63. The van der Waals surface area contributed by atoms with E-state index >= 15 is 14.4 Å². The van der Waals surface area contributed by atoms with E-state index in [1.165, 1.54) is 33.5 Å². The number of aromatic nitrogens is 1. The van der Waals surface area contributed by atoms with E-state index in [9.17, 15) is 161 Å². The molecule has 0 spiro atoms. The van der Waals surface area contributed by atoms with E-state index in [1.807, 2.05) is 18.3 Å². The predicted molar refractivity (Wildman–Crippen MR) is 474 cm³/mol. The number of aromatic hydroxyl groups is 25. The molecular formula is C95H71ClN2O46. The molecule has 1 aromatic heterocycles. The lowest BCUT2D eigenvalue weighted by atomic mass is 9.89. The van der Waals surface area contributed by atoms with Gasteiger partial charge in [-0.15, -0.1) is 0 Å². The first-order valence-electron chi connectivity index (χ1n) is 41.2. The van der Waals surface area contributed by atoms with Gasteiger partial charge in [0.25, 0.3) is 0 Å². The Balaban J connectivity index is 0.000000649. The molecule has 0 amide bonds. The second kappa shape index (κ2) is 40.9. The summed E-state index contributed by atoms with van der Waals surface area (Å²) >= 11 is 6.23. The number of nitrogens with zero attached hydrogens (tertiary/aromatic N) is 1. The number of rotatable bonds is 21. The van der Waals surface area contributed by atoms with Crippen molar-refractivity contribution in [2.75, 3.05) is 19.7 Å². The van der Waals surface area contributed by atoms with Gasteiger partial charge in [-0.3, -0.25) is 4.98 Å². The van der Waals surface area contributed by atoms with Crippen molar-refractivity contribution in [3.05, 3.63) is 246 Å². The molecule has 0 unspecified atom stereocenters. The fourth-order valence-electron chi connectivity index (χ4n) is 14.5. The van der Waals surface area contributed by atoms with Crippen LogP contribution in [0.1, 0.15) is 139 Å². The highest BCUT2D eigenvalue weighted by Gasteiger charge is 2.55. The van der Waals surface area contributed by atoms with Gasteiger partial charge in [-0.05, 0) is 195 Å². The van der Waals surface area contributed by atoms with Crippen molar-refractivity contribution in [2.45, 2.75) is 56.4 Å². The molecule has 5 atom stereocenters. The molecule has 11 aromatic carbocycles. The molecule has 2 saturated heterocycles. The average Bonchev–Trinajstić information content (AvgIpc) is 1.35. The molecule has 744 valence electrons. The average molecular weight is 2010 g/mol. The number of esters is 10. The molecule has 2 aliphatic heterocycles. The number of nitrogens with one attached hydrogen (secondary N) is 1. The predicted octanol–water partition coefficient (Wildman–Crippen LogP) is 8.86. The number of hydrogen-bond acceptors (Lipinski definition) is 48. The molecule has 144 heavy (non-hydrogen) atoms. The molecule has 1 aliphatic carbocycles. The Morgan fingerprint density at radius 3 is 0.889 bits per heavy atom. The number of aryl methyl sites for hydroxylation is 2. The van der Waals surface area contributed by atoms with Crippen molar-refractivity contribution < 1.29 is 228 Å². The van der Waals surface area contributed by atoms with Crippen molar-refractivity contribution in [1.29, 1.82) is 0 Å². The smallest absolute Gasteiger partial charge is 0.343 e. The van der Waals surface area contributed by atoms with Crippen LogP contribution in [0.2, 0.25) is 5.02 Å². The van der Waals surface area contributed by atoms with Gasteiger partial charge in [0.15, 0.2) is 156 Å². The molecule has 0 saturated carbocycles. The number of piperidine rings is 1. The van der Waals surface area contributed by atoms with Crippen molar-refractivity contribution >= 4 is 76.9 Å². The van der Waals surface area contributed by atoms with Crippen LogP contribution in [0, 0.1) is 0 Å². The third kappa shape index (κ3) is 21.3. The van der Waals surface area contributed by atoms with Crippen LogP contribution in [0.5, 0.6) is 172 Å². The van der Waals surface area contributed by atoms with Gasteiger partial charge in [-0.25, -0.2) is 47.9 Å². The van der Waals surface area contributed by atoms with Gasteiger partial charge >= 0.3 is 59.7 Å². The number of halogens is 1. The number of hydrogen-bond donors (Lipinski definition) is 26. The number of carbonyl (C=O) groups excluding carboxylic acids is 10. The molecule has 26 N–H and O–H groups in total. The van der Waals surface area contributed by atoms with Crippen LogP contribution < -0.4 is 29.0 Å². The van der Waals surface area contributed by atoms with Crippen LogP contribution in [0.15, 0.2) is 163 Å². The maximum Gasteiger partial charge on any atom is 0.343 e. The summed E-state index contributed by atoms with van der Waals surface area (Å²) in [4.78, 5) is 147. The van der Waals surface area contributed by atoms with E-state index in [0.717, 1.165) is 43.8 Å². The molecule has 49 heteroatoms. The number of fused-ring (bicyclic) bond motifs is 2. The van der Waals surface area contributed by atoms with Gasteiger partial charge in [0.2, 0.25) is 41.1 Å². The monoisotopic (exact) mass is 2010 g/mol. The van der Waals surface area contributed by atoms with Crippen molar-refractivity contribution in [1.82, 2.24) is 10.3 Å². The molecule has 3 aliphatic rings. The maximum atomic E-state index is 15.3. The second-order valence-corrected chi connectivity index (χ2v) is 31.6. The van der Waals surface area contributed by atoms with E-state index in [-0.39, 0.29) is 0 Å². The Morgan fingerprint density at radius 2 is 0.569 bits per heavy atom. The highest BCUT2D eigenvalue weighted by molar-refractivity contribution is 6.30. The minimum absolute atomic E-state index is 0.295. The Morgan fingerprint density at radius 1 is 0.299 bits per heavy atom. The van der Waals surface area contributed by atoms with Crippen LogP contribution in [-0.4, -0.2) is 243 Å². The maximum absolute atomic E-state index is 15.3. The number of phenolic OH excluding ortho intramolecular Hbond substituents is 25. The first-order chi connectivity index (χ1) is 68.2. The van der Waals surface area contributed by atoms with Gasteiger partial charge in [-0.2, -0.15) is 0 Å². The van der Waals surface area contributed by atoms with Crippen molar-refractivity contribution in [2.24, 2.45) is 0 Å². The fourth-order valence-corrected chi connectivity index (χ4v) is 14.7. The SMILES string of the molecule is Clc1ccc2c(c1)CCc1cccnc1C2=C1CCNCC1.O=C(OC[C@H]1O[C@@H](OC(=O)c2cc(O)c(O)c(OC(=O)c3cc(O)c(O)c(O)c3)c2)[C@H](OC(=O)c2cc(O)c(O)c(OC(=O)c3cc(O)c(O)c(O)c3)c2)[C@@H](OC(=O)c2cc(O)c(O)c(OC(=O)c3cc(O)c(O)c(O)c3)c2)[C@@H]1OC(=O)c1cc(O)c(O)c(OC(=O)c2cc(O)c(O)c(O)c2)c1)c1cc(O)c(O)c(OC(=O)c2cc(O)c(O)c(O)c2)c1. The Kier molecular flexibility index (Phi) is 28.4. The van der Waals surface area contributed by atoms with Gasteiger partial charge < -0.3 is 185 Å². The summed E-state index contributed by atoms with van der Waals surface area (Å²) in [6.45, 7) is 0.411. The zero-order valence-electron chi connectivity index (χ0n) is 72.4. The Bertz CT molecular complexity index is 7250. The lowest BCUT2D eigenvalue weighted by Gasteiger charge is -2.43. The van der Waals surface area contributed by atoms with E-state index in [4.69, 9.17) is 68.7 Å². The van der Waals surface area contributed by atoms with Gasteiger partial charge in [0.05, 0.1) is 61.3 Å². The highest BCUT2D eigenvalue weighted by atomic mass is 35.5. The van der Waals surface area contributed by atoms with Crippen LogP contribution in [-0.2, 0) is 41.3 Å². The molecule has 2 fully saturated rings. The number of pyridine rings is 1. The summed E-state index contributed by atoms with van der Waals surface area (Å²) in [5.41, 5.74) is -1.77. The minimum Gasteiger partial charge on any atom is -0.504 e. The largest absolute Gasteiger partial charge is 0.504 e. The summed E-state index contributed by atoms with van der Waals surface area (Å²) in [5.74, 6) is -56.0. The summed E-state index contributed by atoms with van der Waals surface area (Å²) in [7, 11) is 0.